The summed E-state index contributed by atoms with van der Waals surface area (Å²) < 4.78 is 246. The van der Waals surface area contributed by atoms with Gasteiger partial charge in [-0.15, -0.1) is 0 Å². The lowest BCUT2D eigenvalue weighted by molar-refractivity contribution is -0.461. The maximum atomic E-state index is 14.9. The molecule has 1 amide bonds. The first kappa shape index (κ1) is 52.9. The fourth-order valence-corrected chi connectivity index (χ4v) is 10.3. The Kier molecular flexibility index (Phi) is 16.6. The molecule has 24 heteroatoms. The van der Waals surface area contributed by atoms with Crippen LogP contribution in [0.2, 0.25) is 17.1 Å². The predicted octanol–water partition coefficient (Wildman–Crippen LogP) is 11.3. The van der Waals surface area contributed by atoms with Crippen molar-refractivity contribution in [2.75, 3.05) is 13.2 Å². The first-order valence-corrected chi connectivity index (χ1v) is 19.2. The Bertz CT molecular complexity index is 1590. The fourth-order valence-electron chi connectivity index (χ4n) is 5.82. The van der Waals surface area contributed by atoms with Crippen LogP contribution < -0.4 is 10.2 Å². The van der Waals surface area contributed by atoms with E-state index >= 15 is 0 Å². The van der Waals surface area contributed by atoms with E-state index in [1.807, 2.05) is 0 Å². The van der Waals surface area contributed by atoms with Crippen molar-refractivity contribution >= 4 is 14.2 Å². The van der Waals surface area contributed by atoms with Crippen molar-refractivity contribution in [3.05, 3.63) is 53.1 Å². The third-order valence-electron chi connectivity index (χ3n) is 9.63. The molecule has 1 aromatic carbocycles. The number of alkyl halides is 17. The molecule has 1 rings (SSSR count). The number of amides is 1. The van der Waals surface area contributed by atoms with Crippen LogP contribution in [0.15, 0.2) is 47.6 Å². The molecule has 0 saturated carbocycles. The Morgan fingerprint density at radius 1 is 0.690 bits per heavy atom. The molecule has 1 aromatic rings. The van der Waals surface area contributed by atoms with Gasteiger partial charge in [0.1, 0.15) is 12.4 Å². The monoisotopic (exact) mass is 895 g/mol. The van der Waals surface area contributed by atoms with Gasteiger partial charge in [0, 0.05) is 18.4 Å². The van der Waals surface area contributed by atoms with Crippen LogP contribution in [-0.4, -0.2) is 85.4 Å². The van der Waals surface area contributed by atoms with E-state index in [1.165, 1.54) is 57.4 Å². The lowest BCUT2D eigenvalue weighted by Crippen LogP contribution is -2.74. The SMILES string of the molecule is CC(=C\C(=O)NO)/C=C(\C)[C@@H](C)[C@H](O)c1ccc(OCCO[Si](CCC(F)(F)C(F)(F)C(F)(F)C(F)(F)C(F)(F)C(F)(F)C(F)(F)C(F)(F)F)(C(C)C)C(C)C)cc1. The number of aliphatic hydroxyl groups excluding tert-OH is 1. The Morgan fingerprint density at radius 2 is 1.12 bits per heavy atom. The van der Waals surface area contributed by atoms with E-state index in [0.29, 0.717) is 16.7 Å². The summed E-state index contributed by atoms with van der Waals surface area (Å²) in [6.07, 6.45) is -8.73. The highest BCUT2D eigenvalue weighted by atomic mass is 28.4. The van der Waals surface area contributed by atoms with E-state index < -0.39 is 104 Å². The summed E-state index contributed by atoms with van der Waals surface area (Å²) in [6, 6.07) is 4.42. The number of rotatable bonds is 21. The molecule has 6 nitrogen and oxygen atoms in total. The minimum Gasteiger partial charge on any atom is -0.491 e. The fraction of sp³-hybridized carbons (Fsp3) is 0.676. The molecule has 0 saturated heterocycles. The Hall–Kier alpha value is -3.12. The molecule has 0 unspecified atom stereocenters. The Balaban J connectivity index is 3.23. The second-order valence-electron chi connectivity index (χ2n) is 14.2. The zero-order valence-corrected chi connectivity index (χ0v) is 32.6. The topological polar surface area (TPSA) is 88.0 Å². The number of carbonyl (C=O) groups is 1. The van der Waals surface area contributed by atoms with Crippen LogP contribution in [0, 0.1) is 5.92 Å². The molecule has 2 atom stereocenters. The highest BCUT2D eigenvalue weighted by Crippen LogP contribution is 2.64. The number of ether oxygens (including phenoxy) is 1. The van der Waals surface area contributed by atoms with Crippen LogP contribution in [-0.2, 0) is 9.22 Å². The molecule has 0 aliphatic carbocycles. The van der Waals surface area contributed by atoms with Gasteiger partial charge in [-0.05, 0) is 54.2 Å². The number of hydrogen-bond acceptors (Lipinski definition) is 5. The summed E-state index contributed by atoms with van der Waals surface area (Å²) in [6.45, 7) is 9.34. The highest BCUT2D eigenvalue weighted by Gasteiger charge is 2.95. The van der Waals surface area contributed by atoms with Gasteiger partial charge in [-0.2, -0.15) is 74.6 Å². The van der Waals surface area contributed by atoms with Crippen molar-refractivity contribution in [3.8, 4) is 5.75 Å². The highest BCUT2D eigenvalue weighted by molar-refractivity contribution is 6.76. The molecule has 3 N–H and O–H groups in total. The molecule has 0 bridgehead atoms. The number of hydroxylamine groups is 1. The maximum absolute atomic E-state index is 14.9. The maximum Gasteiger partial charge on any atom is 0.460 e. The summed E-state index contributed by atoms with van der Waals surface area (Å²) in [5.74, 6) is -57.8. The molecular formula is C34H42F17NO5Si. The van der Waals surface area contributed by atoms with Crippen LogP contribution in [0.4, 0.5) is 74.6 Å². The third kappa shape index (κ3) is 10.1. The molecule has 0 fully saturated rings. The molecule has 0 radical (unpaired) electrons. The lowest BCUT2D eigenvalue weighted by Gasteiger charge is -2.44. The first-order valence-electron chi connectivity index (χ1n) is 16.9. The zero-order valence-electron chi connectivity index (χ0n) is 31.6. The van der Waals surface area contributed by atoms with Gasteiger partial charge in [0.2, 0.25) is 0 Å². The average molecular weight is 896 g/mol. The molecular weight excluding hydrogens is 853 g/mol. The van der Waals surface area contributed by atoms with Crippen LogP contribution in [0.1, 0.15) is 66.6 Å². The van der Waals surface area contributed by atoms with Gasteiger partial charge in [-0.25, -0.2) is 5.48 Å². The molecule has 0 spiro atoms. The summed E-state index contributed by atoms with van der Waals surface area (Å²) in [4.78, 5) is 11.3. The van der Waals surface area contributed by atoms with Crippen LogP contribution in [0.5, 0.6) is 5.75 Å². The molecule has 0 heterocycles. The van der Waals surface area contributed by atoms with E-state index in [1.54, 1.807) is 26.8 Å². The number of hydrogen-bond donors (Lipinski definition) is 3. The predicted molar refractivity (Wildman–Crippen MR) is 176 cm³/mol. The largest absolute Gasteiger partial charge is 0.491 e. The number of halogens is 17. The van der Waals surface area contributed by atoms with Gasteiger partial charge >= 0.3 is 47.6 Å². The smallest absolute Gasteiger partial charge is 0.460 e. The minimum atomic E-state index is -8.69. The standard InChI is InChI=1S/C34H42F17NO5Si/c1-18(2)58(19(3)4,57-14-13-56-24-10-8-23(9-11-24)26(54)22(7)21(6)16-20(5)17-25(53)52-55)15-12-27(35,36)28(37,38)29(39,40)30(41,42)31(43,44)32(45,46)33(47,48)34(49,50)51/h8-11,16-19,22,26,54-55H,12-15H2,1-7H3,(H,52,53)/b20-17+,21-16+/t22-,26+/m1/s1. The number of carbonyl (C=O) groups excluding carboxylic acids is 1. The van der Waals surface area contributed by atoms with E-state index in [9.17, 15) is 84.5 Å². The summed E-state index contributed by atoms with van der Waals surface area (Å²) >= 11 is 0. The summed E-state index contributed by atoms with van der Waals surface area (Å²) in [5.41, 5.74) is 1.23. The van der Waals surface area contributed by atoms with Crippen LogP contribution in [0.25, 0.3) is 0 Å². The number of nitrogens with one attached hydrogen (secondary N) is 1. The molecule has 0 aliphatic rings. The van der Waals surface area contributed by atoms with E-state index in [-0.39, 0.29) is 12.4 Å². The van der Waals surface area contributed by atoms with E-state index in [2.05, 4.69) is 0 Å². The van der Waals surface area contributed by atoms with Crippen LogP contribution in [0.3, 0.4) is 0 Å². The number of allylic oxidation sites excluding steroid dienone is 2. The van der Waals surface area contributed by atoms with Gasteiger partial charge in [-0.3, -0.25) is 10.0 Å². The van der Waals surface area contributed by atoms with Gasteiger partial charge in [0.15, 0.2) is 8.32 Å². The lowest BCUT2D eigenvalue weighted by atomic mass is 9.88. The van der Waals surface area contributed by atoms with Crippen molar-refractivity contribution in [1.29, 1.82) is 0 Å². The van der Waals surface area contributed by atoms with Crippen LogP contribution >= 0.6 is 0 Å². The zero-order chi connectivity index (χ0) is 45.9. The van der Waals surface area contributed by atoms with Gasteiger partial charge < -0.3 is 14.3 Å². The van der Waals surface area contributed by atoms with Crippen molar-refractivity contribution in [1.82, 2.24) is 5.48 Å². The van der Waals surface area contributed by atoms with Gasteiger partial charge in [0.25, 0.3) is 5.91 Å². The number of benzene rings is 1. The molecule has 0 aliphatic heterocycles. The van der Waals surface area contributed by atoms with Crippen molar-refractivity contribution in [3.63, 3.8) is 0 Å². The third-order valence-corrected chi connectivity index (χ3v) is 15.3. The Labute approximate surface area is 322 Å². The van der Waals surface area contributed by atoms with Crippen molar-refractivity contribution in [2.24, 2.45) is 5.92 Å². The van der Waals surface area contributed by atoms with Crippen molar-refractivity contribution in [2.45, 2.75) is 126 Å². The van der Waals surface area contributed by atoms with Crippen molar-refractivity contribution < 1.29 is 98.9 Å². The van der Waals surface area contributed by atoms with Gasteiger partial charge in [-0.1, -0.05) is 58.4 Å². The molecule has 58 heavy (non-hydrogen) atoms. The average Bonchev–Trinajstić information content (AvgIpc) is 3.09. The summed E-state index contributed by atoms with van der Waals surface area (Å²) in [5, 5.41) is 19.5. The Morgan fingerprint density at radius 3 is 1.53 bits per heavy atom. The molecule has 0 aromatic heterocycles. The normalized spacial score (nSPS) is 16.2. The molecule has 336 valence electrons. The summed E-state index contributed by atoms with van der Waals surface area (Å²) in [7, 11) is -3.96. The number of aliphatic hydroxyl groups is 1. The van der Waals surface area contributed by atoms with Gasteiger partial charge in [0.05, 0.1) is 12.7 Å². The van der Waals surface area contributed by atoms with E-state index in [4.69, 9.17) is 14.4 Å². The second-order valence-corrected chi connectivity index (χ2v) is 19.2. The minimum absolute atomic E-state index is 0.152. The quantitative estimate of drug-likeness (QED) is 0.0218. The second kappa shape index (κ2) is 18.2. The van der Waals surface area contributed by atoms with E-state index in [0.717, 1.165) is 6.08 Å². The first-order chi connectivity index (χ1) is 25.9.